The van der Waals surface area contributed by atoms with Crippen LogP contribution >= 0.6 is 11.3 Å². The van der Waals surface area contributed by atoms with Crippen LogP contribution < -0.4 is 5.43 Å². The van der Waals surface area contributed by atoms with Crippen LogP contribution in [0.15, 0.2) is 29.4 Å². The van der Waals surface area contributed by atoms with Gasteiger partial charge < -0.3 is 9.84 Å². The van der Waals surface area contributed by atoms with Gasteiger partial charge in [0.25, 0.3) is 0 Å². The molecular formula is C14H15N3O3S. The van der Waals surface area contributed by atoms with Crippen LogP contribution in [-0.4, -0.2) is 28.9 Å². The van der Waals surface area contributed by atoms with Crippen LogP contribution in [0, 0.1) is 6.92 Å². The Morgan fingerprint density at radius 1 is 1.52 bits per heavy atom. The third kappa shape index (κ3) is 3.79. The van der Waals surface area contributed by atoms with Crippen LogP contribution in [-0.2, 0) is 4.74 Å². The second-order valence-electron chi connectivity index (χ2n) is 4.08. The number of carbonyl (C=O) groups is 1. The third-order valence-corrected chi connectivity index (χ3v) is 3.60. The summed E-state index contributed by atoms with van der Waals surface area (Å²) in [4.78, 5) is 16.3. The second-order valence-corrected chi connectivity index (χ2v) is 5.08. The molecule has 0 aliphatic carbocycles. The number of hydrazone groups is 1. The average molecular weight is 305 g/mol. The predicted octanol–water partition coefficient (Wildman–Crippen LogP) is 2.78. The number of benzene rings is 1. The molecular weight excluding hydrogens is 290 g/mol. The van der Waals surface area contributed by atoms with Gasteiger partial charge in [-0.3, -0.25) is 5.43 Å². The van der Waals surface area contributed by atoms with Crippen LogP contribution in [0.5, 0.6) is 5.75 Å². The standard InChI is InChI=1S/C14H15N3O3S/c1-3-20-13(19)12-9(2)16-14(21-12)17-15-8-10-6-4-5-7-11(10)18/h4-8,18H,3H2,1-2H3,(H,16,17). The van der Waals surface area contributed by atoms with E-state index in [1.807, 2.05) is 0 Å². The Morgan fingerprint density at radius 3 is 3.00 bits per heavy atom. The average Bonchev–Trinajstić information content (AvgIpc) is 2.82. The normalized spacial score (nSPS) is 10.8. The molecule has 0 fully saturated rings. The van der Waals surface area contributed by atoms with E-state index in [1.165, 1.54) is 17.6 Å². The number of nitrogens with zero attached hydrogens (tertiary/aromatic N) is 2. The summed E-state index contributed by atoms with van der Waals surface area (Å²) in [6.07, 6.45) is 1.48. The SMILES string of the molecule is CCOC(=O)c1sc(NN=Cc2ccccc2O)nc1C. The van der Waals surface area contributed by atoms with Crippen LogP contribution in [0.3, 0.4) is 0 Å². The van der Waals surface area contributed by atoms with E-state index in [2.05, 4.69) is 15.5 Å². The number of nitrogens with one attached hydrogen (secondary N) is 1. The fourth-order valence-corrected chi connectivity index (χ4v) is 2.39. The molecule has 6 nitrogen and oxygen atoms in total. The highest BCUT2D eigenvalue weighted by Gasteiger charge is 2.15. The molecule has 1 aromatic carbocycles. The molecule has 0 aliphatic rings. The molecule has 2 N–H and O–H groups in total. The summed E-state index contributed by atoms with van der Waals surface area (Å²) in [7, 11) is 0. The van der Waals surface area contributed by atoms with Crippen molar-refractivity contribution in [3.63, 3.8) is 0 Å². The molecule has 0 bridgehead atoms. The second kappa shape index (κ2) is 6.85. The summed E-state index contributed by atoms with van der Waals surface area (Å²) in [5.41, 5.74) is 3.92. The number of hydrogen-bond acceptors (Lipinski definition) is 7. The number of ether oxygens (including phenoxy) is 1. The topological polar surface area (TPSA) is 83.8 Å². The van der Waals surface area contributed by atoms with Gasteiger partial charge in [-0.2, -0.15) is 5.10 Å². The Labute approximate surface area is 126 Å². The minimum absolute atomic E-state index is 0.144. The van der Waals surface area contributed by atoms with E-state index < -0.39 is 0 Å². The van der Waals surface area contributed by atoms with Gasteiger partial charge in [0.15, 0.2) is 0 Å². The van der Waals surface area contributed by atoms with Crippen LogP contribution in [0.1, 0.15) is 27.9 Å². The zero-order valence-corrected chi connectivity index (χ0v) is 12.5. The minimum atomic E-state index is -0.384. The summed E-state index contributed by atoms with van der Waals surface area (Å²) in [6.45, 7) is 3.81. The Balaban J connectivity index is 2.06. The summed E-state index contributed by atoms with van der Waals surface area (Å²) in [5, 5.41) is 14.1. The number of aryl methyl sites for hydroxylation is 1. The lowest BCUT2D eigenvalue weighted by Gasteiger charge is -1.97. The van der Waals surface area contributed by atoms with Crippen LogP contribution in [0.4, 0.5) is 5.13 Å². The molecule has 0 amide bonds. The lowest BCUT2D eigenvalue weighted by molar-refractivity contribution is 0.0531. The number of aromatic hydroxyl groups is 1. The van der Waals surface area contributed by atoms with Gasteiger partial charge in [0, 0.05) is 5.56 Å². The number of phenolic OH excluding ortho intramolecular Hbond substituents is 1. The molecule has 0 aliphatic heterocycles. The molecule has 1 heterocycles. The maximum atomic E-state index is 11.7. The largest absolute Gasteiger partial charge is 0.507 e. The van der Waals surface area contributed by atoms with E-state index in [4.69, 9.17) is 4.74 Å². The first kappa shape index (κ1) is 15.0. The summed E-state index contributed by atoms with van der Waals surface area (Å²) < 4.78 is 4.94. The van der Waals surface area contributed by atoms with Gasteiger partial charge in [0.2, 0.25) is 5.13 Å². The number of para-hydroxylation sites is 1. The molecule has 0 radical (unpaired) electrons. The van der Waals surface area contributed by atoms with E-state index in [1.54, 1.807) is 38.1 Å². The van der Waals surface area contributed by atoms with Gasteiger partial charge >= 0.3 is 5.97 Å². The third-order valence-electron chi connectivity index (χ3n) is 2.56. The van der Waals surface area contributed by atoms with Gasteiger partial charge in [-0.1, -0.05) is 23.5 Å². The van der Waals surface area contributed by atoms with Gasteiger partial charge in [-0.15, -0.1) is 0 Å². The summed E-state index contributed by atoms with van der Waals surface area (Å²) in [6, 6.07) is 6.84. The molecule has 1 aromatic heterocycles. The number of carbonyl (C=O) groups excluding carboxylic acids is 1. The Bertz CT molecular complexity index is 667. The van der Waals surface area contributed by atoms with Gasteiger partial charge in [0.1, 0.15) is 10.6 Å². The number of thiazole rings is 1. The van der Waals surface area contributed by atoms with Crippen LogP contribution in [0.2, 0.25) is 0 Å². The maximum absolute atomic E-state index is 11.7. The van der Waals surface area contributed by atoms with Crippen molar-refractivity contribution in [2.75, 3.05) is 12.0 Å². The fourth-order valence-electron chi connectivity index (χ4n) is 1.58. The number of esters is 1. The van der Waals surface area contributed by atoms with E-state index in [9.17, 15) is 9.90 Å². The van der Waals surface area contributed by atoms with Crippen LogP contribution in [0.25, 0.3) is 0 Å². The molecule has 2 aromatic rings. The van der Waals surface area contributed by atoms with E-state index in [0.717, 1.165) is 0 Å². The Kier molecular flexibility index (Phi) is 4.89. The van der Waals surface area contributed by atoms with Crippen molar-refractivity contribution in [1.82, 2.24) is 4.98 Å². The monoisotopic (exact) mass is 305 g/mol. The smallest absolute Gasteiger partial charge is 0.350 e. The Hall–Kier alpha value is -2.41. The zero-order valence-electron chi connectivity index (χ0n) is 11.7. The number of anilines is 1. The van der Waals surface area contributed by atoms with Crippen molar-refractivity contribution in [2.24, 2.45) is 5.10 Å². The van der Waals surface area contributed by atoms with E-state index in [-0.39, 0.29) is 11.7 Å². The molecule has 0 saturated heterocycles. The first-order valence-corrected chi connectivity index (χ1v) is 7.15. The minimum Gasteiger partial charge on any atom is -0.507 e. The van der Waals surface area contributed by atoms with Crippen molar-refractivity contribution < 1.29 is 14.6 Å². The Morgan fingerprint density at radius 2 is 2.29 bits per heavy atom. The molecule has 21 heavy (non-hydrogen) atoms. The fraction of sp³-hybridized carbons (Fsp3) is 0.214. The van der Waals surface area contributed by atoms with Gasteiger partial charge in [-0.25, -0.2) is 9.78 Å². The maximum Gasteiger partial charge on any atom is 0.350 e. The predicted molar refractivity (Wildman–Crippen MR) is 82.1 cm³/mol. The van der Waals surface area contributed by atoms with Crippen molar-refractivity contribution in [2.45, 2.75) is 13.8 Å². The van der Waals surface area contributed by atoms with Crippen molar-refractivity contribution in [3.8, 4) is 5.75 Å². The van der Waals surface area contributed by atoms with Gasteiger partial charge in [0.05, 0.1) is 18.5 Å². The number of hydrogen-bond donors (Lipinski definition) is 2. The van der Waals surface area contributed by atoms with E-state index in [0.29, 0.717) is 27.9 Å². The number of rotatable bonds is 5. The van der Waals surface area contributed by atoms with Crippen molar-refractivity contribution >= 4 is 28.7 Å². The van der Waals surface area contributed by atoms with Crippen molar-refractivity contribution in [1.29, 1.82) is 0 Å². The molecule has 0 saturated carbocycles. The zero-order chi connectivity index (χ0) is 15.2. The molecule has 0 atom stereocenters. The number of phenols is 1. The van der Waals surface area contributed by atoms with Crippen molar-refractivity contribution in [3.05, 3.63) is 40.4 Å². The van der Waals surface area contributed by atoms with Gasteiger partial charge in [-0.05, 0) is 26.0 Å². The lowest BCUT2D eigenvalue weighted by atomic mass is 10.2. The highest BCUT2D eigenvalue weighted by atomic mass is 32.1. The quantitative estimate of drug-likeness (QED) is 0.504. The molecule has 0 unspecified atom stereocenters. The lowest BCUT2D eigenvalue weighted by Crippen LogP contribution is -2.03. The first-order valence-electron chi connectivity index (χ1n) is 6.33. The summed E-state index contributed by atoms with van der Waals surface area (Å²) in [5.74, 6) is -0.240. The highest BCUT2D eigenvalue weighted by Crippen LogP contribution is 2.23. The van der Waals surface area contributed by atoms with E-state index >= 15 is 0 Å². The molecule has 0 spiro atoms. The highest BCUT2D eigenvalue weighted by molar-refractivity contribution is 7.17. The number of aromatic nitrogens is 1. The summed E-state index contributed by atoms with van der Waals surface area (Å²) >= 11 is 1.17. The molecule has 7 heteroatoms. The first-order chi connectivity index (χ1) is 10.1. The molecule has 2 rings (SSSR count). The molecule has 110 valence electrons.